The summed E-state index contributed by atoms with van der Waals surface area (Å²) in [4.78, 5) is 0. The van der Waals surface area contributed by atoms with E-state index in [0.717, 1.165) is 37.6 Å². The standard InChI is InChI=1S/C16H26ClNO/c1-4-19-10-9-14(12-18-13(2)3)11-15-7-5-6-8-16(15)17/h5-8,13-14,18H,4,9-12H2,1-3H3. The van der Waals surface area contributed by atoms with Gasteiger partial charge in [0.15, 0.2) is 0 Å². The minimum atomic E-state index is 0.515. The molecular weight excluding hydrogens is 258 g/mol. The van der Waals surface area contributed by atoms with Gasteiger partial charge in [-0.05, 0) is 43.9 Å². The first kappa shape index (κ1) is 16.5. The molecule has 1 unspecified atom stereocenters. The van der Waals surface area contributed by atoms with Gasteiger partial charge in [-0.2, -0.15) is 0 Å². The average Bonchev–Trinajstić information content (AvgIpc) is 2.38. The molecule has 1 aromatic rings. The molecular formula is C16H26ClNO. The molecule has 0 aliphatic rings. The zero-order valence-electron chi connectivity index (χ0n) is 12.3. The Morgan fingerprint density at radius 3 is 2.63 bits per heavy atom. The summed E-state index contributed by atoms with van der Waals surface area (Å²) in [5.41, 5.74) is 1.23. The number of nitrogens with one attached hydrogen (secondary N) is 1. The summed E-state index contributed by atoms with van der Waals surface area (Å²) in [6, 6.07) is 8.63. The van der Waals surface area contributed by atoms with E-state index in [0.29, 0.717) is 12.0 Å². The van der Waals surface area contributed by atoms with Gasteiger partial charge in [0.25, 0.3) is 0 Å². The van der Waals surface area contributed by atoms with E-state index >= 15 is 0 Å². The Labute approximate surface area is 122 Å². The van der Waals surface area contributed by atoms with E-state index in [9.17, 15) is 0 Å². The van der Waals surface area contributed by atoms with Crippen LogP contribution in [-0.4, -0.2) is 25.8 Å². The van der Waals surface area contributed by atoms with Gasteiger partial charge in [-0.25, -0.2) is 0 Å². The maximum absolute atomic E-state index is 6.24. The molecule has 0 saturated heterocycles. The van der Waals surface area contributed by atoms with Crippen molar-refractivity contribution >= 4 is 11.6 Å². The molecule has 0 spiro atoms. The summed E-state index contributed by atoms with van der Waals surface area (Å²) in [6.45, 7) is 9.01. The Bertz CT molecular complexity index is 354. The molecule has 19 heavy (non-hydrogen) atoms. The molecule has 0 radical (unpaired) electrons. The van der Waals surface area contributed by atoms with E-state index in [1.807, 2.05) is 19.1 Å². The maximum Gasteiger partial charge on any atom is 0.0469 e. The van der Waals surface area contributed by atoms with E-state index in [4.69, 9.17) is 16.3 Å². The van der Waals surface area contributed by atoms with Crippen LogP contribution in [0.3, 0.4) is 0 Å². The summed E-state index contributed by atoms with van der Waals surface area (Å²) >= 11 is 6.24. The summed E-state index contributed by atoms with van der Waals surface area (Å²) in [7, 11) is 0. The van der Waals surface area contributed by atoms with Crippen LogP contribution < -0.4 is 5.32 Å². The molecule has 108 valence electrons. The Hall–Kier alpha value is -0.570. The third-order valence-corrected chi connectivity index (χ3v) is 3.52. The van der Waals surface area contributed by atoms with Gasteiger partial charge >= 0.3 is 0 Å². The molecule has 1 atom stereocenters. The molecule has 1 aromatic carbocycles. The lowest BCUT2D eigenvalue weighted by Gasteiger charge is -2.20. The van der Waals surface area contributed by atoms with Gasteiger partial charge in [-0.15, -0.1) is 0 Å². The number of hydrogen-bond donors (Lipinski definition) is 1. The molecule has 1 rings (SSSR count). The second kappa shape index (κ2) is 9.35. The van der Waals surface area contributed by atoms with Gasteiger partial charge in [0, 0.05) is 24.3 Å². The van der Waals surface area contributed by atoms with Crippen LogP contribution >= 0.6 is 11.6 Å². The predicted octanol–water partition coefficient (Wildman–Crippen LogP) is 3.92. The second-order valence-corrected chi connectivity index (χ2v) is 5.62. The van der Waals surface area contributed by atoms with Crippen LogP contribution in [-0.2, 0) is 11.2 Å². The minimum Gasteiger partial charge on any atom is -0.382 e. The van der Waals surface area contributed by atoms with Gasteiger partial charge in [0.2, 0.25) is 0 Å². The highest BCUT2D eigenvalue weighted by Crippen LogP contribution is 2.20. The molecule has 0 bridgehead atoms. The topological polar surface area (TPSA) is 21.3 Å². The normalized spacial score (nSPS) is 12.9. The first-order valence-electron chi connectivity index (χ1n) is 7.18. The summed E-state index contributed by atoms with van der Waals surface area (Å²) < 4.78 is 5.48. The molecule has 0 aliphatic heterocycles. The summed E-state index contributed by atoms with van der Waals surface area (Å²) in [6.07, 6.45) is 2.07. The van der Waals surface area contributed by atoms with Crippen LogP contribution in [0, 0.1) is 5.92 Å². The molecule has 3 heteroatoms. The first-order chi connectivity index (χ1) is 9.13. The van der Waals surface area contributed by atoms with Gasteiger partial charge in [0.1, 0.15) is 0 Å². The molecule has 0 heterocycles. The Balaban J connectivity index is 2.54. The average molecular weight is 284 g/mol. The van der Waals surface area contributed by atoms with Crippen LogP contribution in [0.25, 0.3) is 0 Å². The number of ether oxygens (including phenoxy) is 1. The van der Waals surface area contributed by atoms with E-state index in [1.165, 1.54) is 5.56 Å². The van der Waals surface area contributed by atoms with Crippen molar-refractivity contribution in [1.29, 1.82) is 0 Å². The van der Waals surface area contributed by atoms with Crippen molar-refractivity contribution < 1.29 is 4.74 Å². The van der Waals surface area contributed by atoms with Crippen LogP contribution in [0.5, 0.6) is 0 Å². The van der Waals surface area contributed by atoms with Gasteiger partial charge < -0.3 is 10.1 Å². The van der Waals surface area contributed by atoms with Crippen molar-refractivity contribution in [2.24, 2.45) is 5.92 Å². The third kappa shape index (κ3) is 6.95. The van der Waals surface area contributed by atoms with Gasteiger partial charge in [-0.1, -0.05) is 43.6 Å². The number of rotatable bonds is 9. The molecule has 2 nitrogen and oxygen atoms in total. The number of halogens is 1. The zero-order chi connectivity index (χ0) is 14.1. The Morgan fingerprint density at radius 2 is 2.00 bits per heavy atom. The molecule has 0 fully saturated rings. The lowest BCUT2D eigenvalue weighted by molar-refractivity contribution is 0.131. The van der Waals surface area contributed by atoms with E-state index < -0.39 is 0 Å². The van der Waals surface area contributed by atoms with E-state index in [1.54, 1.807) is 0 Å². The van der Waals surface area contributed by atoms with E-state index in [-0.39, 0.29) is 0 Å². The first-order valence-corrected chi connectivity index (χ1v) is 7.55. The lowest BCUT2D eigenvalue weighted by atomic mass is 9.96. The van der Waals surface area contributed by atoms with Gasteiger partial charge in [0.05, 0.1) is 0 Å². The molecule has 0 aromatic heterocycles. The third-order valence-electron chi connectivity index (χ3n) is 3.16. The number of benzene rings is 1. The Morgan fingerprint density at radius 1 is 1.26 bits per heavy atom. The largest absolute Gasteiger partial charge is 0.382 e. The highest BCUT2D eigenvalue weighted by Gasteiger charge is 2.12. The smallest absolute Gasteiger partial charge is 0.0469 e. The van der Waals surface area contributed by atoms with Crippen LogP contribution in [0.15, 0.2) is 24.3 Å². The summed E-state index contributed by atoms with van der Waals surface area (Å²) in [5.74, 6) is 0.564. The van der Waals surface area contributed by atoms with Crippen LogP contribution in [0.1, 0.15) is 32.8 Å². The second-order valence-electron chi connectivity index (χ2n) is 5.21. The molecule has 0 aliphatic carbocycles. The highest BCUT2D eigenvalue weighted by atomic mass is 35.5. The van der Waals surface area contributed by atoms with Crippen molar-refractivity contribution in [1.82, 2.24) is 5.32 Å². The lowest BCUT2D eigenvalue weighted by Crippen LogP contribution is -2.30. The quantitative estimate of drug-likeness (QED) is 0.694. The fraction of sp³-hybridized carbons (Fsp3) is 0.625. The fourth-order valence-corrected chi connectivity index (χ4v) is 2.26. The fourth-order valence-electron chi connectivity index (χ4n) is 2.05. The molecule has 1 N–H and O–H groups in total. The van der Waals surface area contributed by atoms with Crippen molar-refractivity contribution in [2.75, 3.05) is 19.8 Å². The maximum atomic E-state index is 6.24. The van der Waals surface area contributed by atoms with Crippen LogP contribution in [0.4, 0.5) is 0 Å². The highest BCUT2D eigenvalue weighted by molar-refractivity contribution is 6.31. The monoisotopic (exact) mass is 283 g/mol. The van der Waals surface area contributed by atoms with Gasteiger partial charge in [-0.3, -0.25) is 0 Å². The molecule has 0 amide bonds. The van der Waals surface area contributed by atoms with E-state index in [2.05, 4.69) is 31.3 Å². The summed E-state index contributed by atoms with van der Waals surface area (Å²) in [5, 5.41) is 4.38. The SMILES string of the molecule is CCOCCC(CNC(C)C)Cc1ccccc1Cl. The van der Waals surface area contributed by atoms with Crippen LogP contribution in [0.2, 0.25) is 5.02 Å². The number of hydrogen-bond acceptors (Lipinski definition) is 2. The van der Waals surface area contributed by atoms with Crippen molar-refractivity contribution in [3.05, 3.63) is 34.9 Å². The van der Waals surface area contributed by atoms with Crippen molar-refractivity contribution in [3.63, 3.8) is 0 Å². The molecule has 0 saturated carbocycles. The Kier molecular flexibility index (Phi) is 8.11. The zero-order valence-corrected chi connectivity index (χ0v) is 13.0. The minimum absolute atomic E-state index is 0.515. The van der Waals surface area contributed by atoms with Crippen molar-refractivity contribution in [3.8, 4) is 0 Å². The predicted molar refractivity (Wildman–Crippen MR) is 82.9 cm³/mol. The van der Waals surface area contributed by atoms with Crippen molar-refractivity contribution in [2.45, 2.75) is 39.7 Å².